The molecule has 2 fully saturated rings. The fraction of sp³-hybridized carbons (Fsp3) is 0.400. The molecule has 2 aliphatic carbocycles. The van der Waals surface area contributed by atoms with Gasteiger partial charge in [0.05, 0.1) is 11.5 Å². The van der Waals surface area contributed by atoms with Crippen molar-refractivity contribution in [1.29, 1.82) is 0 Å². The highest BCUT2D eigenvalue weighted by Crippen LogP contribution is 2.44. The van der Waals surface area contributed by atoms with E-state index in [9.17, 15) is 27.9 Å². The number of ether oxygens (including phenoxy) is 1. The predicted molar refractivity (Wildman–Crippen MR) is 127 cm³/mol. The first-order valence-corrected chi connectivity index (χ1v) is 13.4. The molecule has 5 rings (SSSR count). The number of carbonyl (C=O) groups excluding carboxylic acids is 2. The molecule has 3 aliphatic rings. The summed E-state index contributed by atoms with van der Waals surface area (Å²) < 4.78 is 29.4. The van der Waals surface area contributed by atoms with Crippen molar-refractivity contribution >= 4 is 27.8 Å². The molecule has 1 atom stereocenters. The monoisotopic (exact) mass is 498 g/mol. The van der Waals surface area contributed by atoms with Crippen LogP contribution in [-0.2, 0) is 24.2 Å². The van der Waals surface area contributed by atoms with Crippen LogP contribution in [-0.4, -0.2) is 72.6 Å². The van der Waals surface area contributed by atoms with Crippen LogP contribution >= 0.6 is 0 Å². The molecule has 0 bridgehead atoms. The van der Waals surface area contributed by atoms with Gasteiger partial charge in [-0.1, -0.05) is 48.5 Å². The number of benzene rings is 2. The van der Waals surface area contributed by atoms with Gasteiger partial charge in [0.1, 0.15) is 18.7 Å². The minimum atomic E-state index is -3.32. The van der Waals surface area contributed by atoms with E-state index in [0.717, 1.165) is 27.2 Å². The van der Waals surface area contributed by atoms with Crippen molar-refractivity contribution in [1.82, 2.24) is 10.2 Å². The van der Waals surface area contributed by atoms with E-state index in [2.05, 4.69) is 5.32 Å². The lowest BCUT2D eigenvalue weighted by atomic mass is 9.98. The fourth-order valence-corrected chi connectivity index (χ4v) is 6.89. The largest absolute Gasteiger partial charge is 0.480 e. The summed E-state index contributed by atoms with van der Waals surface area (Å²) in [5.41, 5.74) is 3.07. The normalized spacial score (nSPS) is 21.0. The van der Waals surface area contributed by atoms with Crippen LogP contribution in [0.5, 0.6) is 0 Å². The summed E-state index contributed by atoms with van der Waals surface area (Å²) >= 11 is 0. The number of rotatable bonds is 7. The molecule has 184 valence electrons. The average molecular weight is 499 g/mol. The molecule has 1 saturated carbocycles. The van der Waals surface area contributed by atoms with Crippen LogP contribution in [0.1, 0.15) is 36.3 Å². The molecule has 1 saturated heterocycles. The van der Waals surface area contributed by atoms with Gasteiger partial charge in [0.25, 0.3) is 0 Å². The smallest absolute Gasteiger partial charge is 0.408 e. The van der Waals surface area contributed by atoms with Crippen molar-refractivity contribution in [3.63, 3.8) is 0 Å². The number of sulfone groups is 1. The molecule has 0 spiro atoms. The molecular weight excluding hydrogens is 472 g/mol. The number of nitrogens with one attached hydrogen (secondary N) is 1. The average Bonchev–Trinajstić information content (AvgIpc) is 3.41. The zero-order valence-corrected chi connectivity index (χ0v) is 19.8. The van der Waals surface area contributed by atoms with Crippen molar-refractivity contribution in [3.8, 4) is 11.1 Å². The highest BCUT2D eigenvalue weighted by atomic mass is 32.2. The Balaban J connectivity index is 1.27. The first kappa shape index (κ1) is 23.3. The van der Waals surface area contributed by atoms with Gasteiger partial charge < -0.3 is 20.1 Å². The van der Waals surface area contributed by atoms with Crippen molar-refractivity contribution in [2.45, 2.75) is 36.8 Å². The molecule has 10 heteroatoms. The van der Waals surface area contributed by atoms with E-state index in [-0.39, 0.29) is 30.5 Å². The predicted octanol–water partition coefficient (Wildman–Crippen LogP) is 2.16. The number of nitrogens with zero attached hydrogens (tertiary/aromatic N) is 1. The minimum absolute atomic E-state index is 0.0871. The van der Waals surface area contributed by atoms with Gasteiger partial charge in [-0.05, 0) is 41.5 Å². The maximum Gasteiger partial charge on any atom is 0.408 e. The van der Waals surface area contributed by atoms with E-state index in [1.54, 1.807) is 0 Å². The summed E-state index contributed by atoms with van der Waals surface area (Å²) in [5.74, 6) is -2.30. The first-order valence-electron chi connectivity index (χ1n) is 11.6. The number of carboxylic acid groups (broad SMARTS) is 1. The molecule has 1 aliphatic heterocycles. The summed E-state index contributed by atoms with van der Waals surface area (Å²) in [7, 11) is -3.32. The van der Waals surface area contributed by atoms with Crippen LogP contribution in [0.25, 0.3) is 11.1 Å². The molecule has 1 heterocycles. The summed E-state index contributed by atoms with van der Waals surface area (Å²) in [4.78, 5) is 38.5. The number of carboxylic acids is 1. The third-order valence-electron chi connectivity index (χ3n) is 7.06. The highest BCUT2D eigenvalue weighted by Gasteiger charge is 2.55. The molecule has 2 amide bonds. The number of fused-ring (bicyclic) bond motifs is 3. The second-order valence-electron chi connectivity index (χ2n) is 9.42. The van der Waals surface area contributed by atoms with Crippen LogP contribution in [0.3, 0.4) is 0 Å². The highest BCUT2D eigenvalue weighted by molar-refractivity contribution is 7.91. The van der Waals surface area contributed by atoms with Gasteiger partial charge in [0.15, 0.2) is 9.84 Å². The summed E-state index contributed by atoms with van der Waals surface area (Å²) in [6.07, 6.45) is 0.103. The quantitative estimate of drug-likeness (QED) is 0.598. The second-order valence-corrected chi connectivity index (χ2v) is 11.6. The molecule has 2 N–H and O–H groups in total. The van der Waals surface area contributed by atoms with E-state index >= 15 is 0 Å². The van der Waals surface area contributed by atoms with Crippen LogP contribution in [0.15, 0.2) is 48.5 Å². The van der Waals surface area contributed by atoms with Crippen molar-refractivity contribution in [2.75, 3.05) is 24.7 Å². The van der Waals surface area contributed by atoms with Crippen molar-refractivity contribution in [2.24, 2.45) is 0 Å². The molecule has 0 radical (unpaired) electrons. The van der Waals surface area contributed by atoms with Gasteiger partial charge in [-0.15, -0.1) is 0 Å². The third kappa shape index (κ3) is 4.50. The SMILES string of the molecule is O=C(O)CN(C(=O)C1(NC(=O)OCC2c3ccccc3-c3ccccc32)CC1)C1CCS(=O)(=O)C1. The lowest BCUT2D eigenvalue weighted by Gasteiger charge is -2.30. The maximum atomic E-state index is 13.3. The molecule has 0 aromatic heterocycles. The second kappa shape index (κ2) is 8.67. The summed E-state index contributed by atoms with van der Waals surface area (Å²) in [6, 6.07) is 15.2. The molecular formula is C25H26N2O7S. The van der Waals surface area contributed by atoms with Crippen LogP contribution in [0.2, 0.25) is 0 Å². The van der Waals surface area contributed by atoms with Crippen LogP contribution in [0.4, 0.5) is 4.79 Å². The van der Waals surface area contributed by atoms with E-state index in [1.807, 2.05) is 48.5 Å². The van der Waals surface area contributed by atoms with Crippen molar-refractivity contribution in [3.05, 3.63) is 59.7 Å². The van der Waals surface area contributed by atoms with Crippen LogP contribution < -0.4 is 5.32 Å². The Kier molecular flexibility index (Phi) is 5.79. The molecule has 2 aromatic rings. The topological polar surface area (TPSA) is 130 Å². The van der Waals surface area contributed by atoms with E-state index < -0.39 is 45.9 Å². The zero-order chi connectivity index (χ0) is 24.8. The van der Waals surface area contributed by atoms with E-state index in [1.165, 1.54) is 0 Å². The Morgan fingerprint density at radius 1 is 1.03 bits per heavy atom. The summed E-state index contributed by atoms with van der Waals surface area (Å²) in [5, 5.41) is 11.9. The van der Waals surface area contributed by atoms with Crippen molar-refractivity contribution < 1.29 is 32.6 Å². The maximum absolute atomic E-state index is 13.3. The molecule has 9 nitrogen and oxygen atoms in total. The Hall–Kier alpha value is -3.40. The van der Waals surface area contributed by atoms with Gasteiger partial charge in [-0.2, -0.15) is 0 Å². The fourth-order valence-electron chi connectivity index (χ4n) is 5.16. The number of amides is 2. The molecule has 35 heavy (non-hydrogen) atoms. The number of hydrogen-bond donors (Lipinski definition) is 2. The van der Waals surface area contributed by atoms with Crippen LogP contribution in [0, 0.1) is 0 Å². The van der Waals surface area contributed by atoms with Gasteiger partial charge in [0.2, 0.25) is 5.91 Å². The number of hydrogen-bond acceptors (Lipinski definition) is 6. The summed E-state index contributed by atoms with van der Waals surface area (Å²) in [6.45, 7) is -0.531. The van der Waals surface area contributed by atoms with E-state index in [0.29, 0.717) is 12.8 Å². The Labute approximate surface area is 203 Å². The third-order valence-corrected chi connectivity index (χ3v) is 8.81. The van der Waals surface area contributed by atoms with E-state index in [4.69, 9.17) is 4.74 Å². The lowest BCUT2D eigenvalue weighted by molar-refractivity contribution is -0.147. The lowest BCUT2D eigenvalue weighted by Crippen LogP contribution is -2.55. The Morgan fingerprint density at radius 2 is 1.63 bits per heavy atom. The standard InChI is InChI=1S/C25H26N2O7S/c28-22(29)13-27(16-9-12-35(32,33)15-16)23(30)25(10-11-25)26-24(31)34-14-21-19-7-3-1-5-17(19)18-6-2-4-8-20(18)21/h1-8,16,21H,9-15H2,(H,26,31)(H,28,29). The van der Waals surface area contributed by atoms with Gasteiger partial charge in [0, 0.05) is 12.0 Å². The van der Waals surface area contributed by atoms with Gasteiger partial charge >= 0.3 is 12.1 Å². The minimum Gasteiger partial charge on any atom is -0.480 e. The molecule has 2 aromatic carbocycles. The molecule has 1 unspecified atom stereocenters. The Morgan fingerprint density at radius 3 is 2.14 bits per heavy atom. The number of carbonyl (C=O) groups is 3. The van der Waals surface area contributed by atoms with Gasteiger partial charge in [-0.25, -0.2) is 13.2 Å². The zero-order valence-electron chi connectivity index (χ0n) is 19.0. The number of aliphatic carboxylic acids is 1. The first-order chi connectivity index (χ1) is 16.7. The van der Waals surface area contributed by atoms with Gasteiger partial charge in [-0.3, -0.25) is 9.59 Å². The Bertz CT molecular complexity index is 1260. The number of alkyl carbamates (subject to hydrolysis) is 1.